The van der Waals surface area contributed by atoms with Gasteiger partial charge in [-0.1, -0.05) is 24.3 Å². The van der Waals surface area contributed by atoms with E-state index in [1.165, 1.54) is 0 Å². The molecule has 1 heterocycles. The van der Waals surface area contributed by atoms with Crippen molar-refractivity contribution >= 4 is 28.1 Å². The van der Waals surface area contributed by atoms with Crippen LogP contribution in [0.2, 0.25) is 0 Å². The van der Waals surface area contributed by atoms with Crippen LogP contribution in [0.1, 0.15) is 21.5 Å². The van der Waals surface area contributed by atoms with Gasteiger partial charge in [0, 0.05) is 17.4 Å². The molecule has 2 aromatic carbocycles. The quantitative estimate of drug-likeness (QED) is 0.557. The molecule has 4 N–H and O–H groups in total. The van der Waals surface area contributed by atoms with E-state index in [2.05, 4.69) is 4.98 Å². The number of ketones is 1. The first kappa shape index (κ1) is 13.1. The monoisotopic (exact) mass is 277 g/mol. The average Bonchev–Trinajstić information content (AvgIpc) is 2.46. The lowest BCUT2D eigenvalue weighted by atomic mass is 9.96. The number of pyridine rings is 1. The number of carbonyl (C=O) groups is 1. The zero-order valence-corrected chi connectivity index (χ0v) is 11.6. The Morgan fingerprint density at radius 2 is 1.71 bits per heavy atom. The molecular weight excluding hydrogens is 262 g/mol. The first-order valence-corrected chi connectivity index (χ1v) is 6.62. The smallest absolute Gasteiger partial charge is 0.199 e. The number of hydrogen-bond donors (Lipinski definition) is 2. The zero-order chi connectivity index (χ0) is 15.0. The van der Waals surface area contributed by atoms with Crippen molar-refractivity contribution in [2.24, 2.45) is 0 Å². The van der Waals surface area contributed by atoms with Gasteiger partial charge in [-0.05, 0) is 41.5 Å². The maximum atomic E-state index is 12.8. The highest BCUT2D eigenvalue weighted by Gasteiger charge is 2.18. The van der Waals surface area contributed by atoms with E-state index in [-0.39, 0.29) is 11.6 Å². The summed E-state index contributed by atoms with van der Waals surface area (Å²) in [5, 5.41) is 1.97. The van der Waals surface area contributed by atoms with Crippen LogP contribution in [0, 0.1) is 6.92 Å². The van der Waals surface area contributed by atoms with E-state index >= 15 is 0 Å². The molecule has 0 atom stereocenters. The topological polar surface area (TPSA) is 82.0 Å². The second-order valence-electron chi connectivity index (χ2n) is 5.00. The Kier molecular flexibility index (Phi) is 3.06. The largest absolute Gasteiger partial charge is 0.398 e. The highest BCUT2D eigenvalue weighted by atomic mass is 16.1. The Hall–Kier alpha value is -2.88. The van der Waals surface area contributed by atoms with E-state index in [0.29, 0.717) is 16.8 Å². The van der Waals surface area contributed by atoms with E-state index in [0.717, 1.165) is 16.3 Å². The molecule has 4 nitrogen and oxygen atoms in total. The third-order valence-corrected chi connectivity index (χ3v) is 3.58. The lowest BCUT2D eigenvalue weighted by molar-refractivity contribution is 0.103. The molecule has 0 amide bonds. The number of anilines is 2. The van der Waals surface area contributed by atoms with E-state index in [9.17, 15) is 4.79 Å². The van der Waals surface area contributed by atoms with Gasteiger partial charge in [0.1, 0.15) is 5.82 Å². The summed E-state index contributed by atoms with van der Waals surface area (Å²) in [7, 11) is 0. The number of hydrogen-bond acceptors (Lipinski definition) is 4. The minimum Gasteiger partial charge on any atom is -0.398 e. The first-order valence-electron chi connectivity index (χ1n) is 6.62. The van der Waals surface area contributed by atoms with Crippen LogP contribution >= 0.6 is 0 Å². The van der Waals surface area contributed by atoms with Gasteiger partial charge in [-0.25, -0.2) is 4.98 Å². The van der Waals surface area contributed by atoms with Crippen molar-refractivity contribution in [2.45, 2.75) is 6.92 Å². The number of aromatic nitrogens is 1. The average molecular weight is 277 g/mol. The number of aryl methyl sites for hydroxylation is 1. The zero-order valence-electron chi connectivity index (χ0n) is 11.6. The van der Waals surface area contributed by atoms with Crippen molar-refractivity contribution in [3.63, 3.8) is 0 Å². The standard InChI is InChI=1S/C17H15N3O/c1-10-6-7-20-17(19)15(10)16(21)13-8-11-4-2-3-5-12(11)9-14(13)18/h2-9H,18H2,1H3,(H2,19,20). The highest BCUT2D eigenvalue weighted by molar-refractivity contribution is 6.16. The Labute approximate surface area is 122 Å². The predicted molar refractivity (Wildman–Crippen MR) is 85.2 cm³/mol. The van der Waals surface area contributed by atoms with Crippen molar-refractivity contribution in [3.05, 3.63) is 65.4 Å². The van der Waals surface area contributed by atoms with Gasteiger partial charge in [0.05, 0.1) is 5.56 Å². The van der Waals surface area contributed by atoms with Crippen LogP contribution in [0.15, 0.2) is 48.7 Å². The fourth-order valence-corrected chi connectivity index (χ4v) is 2.46. The van der Waals surface area contributed by atoms with Crippen molar-refractivity contribution in [2.75, 3.05) is 11.5 Å². The summed E-state index contributed by atoms with van der Waals surface area (Å²) in [6, 6.07) is 13.2. The van der Waals surface area contributed by atoms with Crippen LogP contribution in [-0.2, 0) is 0 Å². The summed E-state index contributed by atoms with van der Waals surface area (Å²) in [4.78, 5) is 16.7. The Morgan fingerprint density at radius 3 is 2.38 bits per heavy atom. The van der Waals surface area contributed by atoms with Crippen LogP contribution in [0.5, 0.6) is 0 Å². The van der Waals surface area contributed by atoms with Crippen LogP contribution < -0.4 is 11.5 Å². The molecule has 1 aromatic heterocycles. The van der Waals surface area contributed by atoms with Gasteiger partial charge in [-0.3, -0.25) is 4.79 Å². The second-order valence-corrected chi connectivity index (χ2v) is 5.00. The molecule has 3 rings (SSSR count). The van der Waals surface area contributed by atoms with Gasteiger partial charge in [-0.15, -0.1) is 0 Å². The molecule has 0 radical (unpaired) electrons. The molecule has 0 aliphatic rings. The molecule has 0 fully saturated rings. The maximum absolute atomic E-state index is 12.8. The number of benzene rings is 2. The SMILES string of the molecule is Cc1ccnc(N)c1C(=O)c1cc2ccccc2cc1N. The molecule has 0 spiro atoms. The lowest BCUT2D eigenvalue weighted by Gasteiger charge is -2.10. The number of nitrogen functional groups attached to an aromatic ring is 2. The summed E-state index contributed by atoms with van der Waals surface area (Å²) in [6.45, 7) is 1.84. The van der Waals surface area contributed by atoms with Gasteiger partial charge < -0.3 is 11.5 Å². The fraction of sp³-hybridized carbons (Fsp3) is 0.0588. The van der Waals surface area contributed by atoms with Gasteiger partial charge >= 0.3 is 0 Å². The molecule has 0 aliphatic carbocycles. The van der Waals surface area contributed by atoms with Crippen molar-refractivity contribution < 1.29 is 4.79 Å². The van der Waals surface area contributed by atoms with Crippen molar-refractivity contribution in [3.8, 4) is 0 Å². The van der Waals surface area contributed by atoms with Gasteiger partial charge in [-0.2, -0.15) is 0 Å². The number of nitrogens with two attached hydrogens (primary N) is 2. The summed E-state index contributed by atoms with van der Waals surface area (Å²) >= 11 is 0. The Balaban J connectivity index is 2.20. The fourth-order valence-electron chi connectivity index (χ4n) is 2.46. The number of rotatable bonds is 2. The van der Waals surface area contributed by atoms with Gasteiger partial charge in [0.25, 0.3) is 0 Å². The summed E-state index contributed by atoms with van der Waals surface area (Å²) in [5.41, 5.74) is 14.0. The molecule has 4 heteroatoms. The molecule has 0 unspecified atom stereocenters. The minimum absolute atomic E-state index is 0.193. The first-order chi connectivity index (χ1) is 10.1. The van der Waals surface area contributed by atoms with Crippen molar-refractivity contribution in [1.82, 2.24) is 4.98 Å². The lowest BCUT2D eigenvalue weighted by Crippen LogP contribution is -2.11. The van der Waals surface area contributed by atoms with Crippen LogP contribution in [0.4, 0.5) is 11.5 Å². The van der Waals surface area contributed by atoms with Crippen LogP contribution in [0.25, 0.3) is 10.8 Å². The molecule has 104 valence electrons. The van der Waals surface area contributed by atoms with E-state index in [4.69, 9.17) is 11.5 Å². The Bertz CT molecular complexity index is 836. The molecule has 0 saturated heterocycles. The summed E-state index contributed by atoms with van der Waals surface area (Å²) in [5.74, 6) is 0.0360. The third-order valence-electron chi connectivity index (χ3n) is 3.58. The number of carbonyl (C=O) groups excluding carboxylic acids is 1. The Morgan fingerprint density at radius 1 is 1.05 bits per heavy atom. The number of fused-ring (bicyclic) bond motifs is 1. The van der Waals surface area contributed by atoms with Crippen LogP contribution in [-0.4, -0.2) is 10.8 Å². The normalized spacial score (nSPS) is 10.7. The third kappa shape index (κ3) is 2.21. The molecule has 0 bridgehead atoms. The molecule has 3 aromatic rings. The van der Waals surface area contributed by atoms with Gasteiger partial charge in [0.15, 0.2) is 5.78 Å². The molecule has 21 heavy (non-hydrogen) atoms. The predicted octanol–water partition coefficient (Wildman–Crippen LogP) is 2.94. The van der Waals surface area contributed by atoms with E-state index in [1.54, 1.807) is 18.3 Å². The van der Waals surface area contributed by atoms with E-state index in [1.807, 2.05) is 37.3 Å². The minimum atomic E-state index is -0.193. The molecular formula is C17H15N3O. The van der Waals surface area contributed by atoms with Crippen LogP contribution in [0.3, 0.4) is 0 Å². The number of nitrogens with zero attached hydrogens (tertiary/aromatic N) is 1. The van der Waals surface area contributed by atoms with Crippen molar-refractivity contribution in [1.29, 1.82) is 0 Å². The van der Waals surface area contributed by atoms with Gasteiger partial charge in [0.2, 0.25) is 0 Å². The van der Waals surface area contributed by atoms with E-state index < -0.39 is 0 Å². The highest BCUT2D eigenvalue weighted by Crippen LogP contribution is 2.26. The second kappa shape index (κ2) is 4.90. The summed E-state index contributed by atoms with van der Waals surface area (Å²) < 4.78 is 0. The molecule has 0 saturated carbocycles. The molecule has 0 aliphatic heterocycles. The summed E-state index contributed by atoms with van der Waals surface area (Å²) in [6.07, 6.45) is 1.59. The maximum Gasteiger partial charge on any atom is 0.199 e.